The molecule has 1 saturated heterocycles. The summed E-state index contributed by atoms with van der Waals surface area (Å²) in [6.07, 6.45) is 2.56. The van der Waals surface area contributed by atoms with E-state index in [1.807, 2.05) is 6.07 Å². The second-order valence-corrected chi connectivity index (χ2v) is 5.80. The molecule has 0 spiro atoms. The molecule has 18 heavy (non-hydrogen) atoms. The molecule has 0 bridgehead atoms. The second kappa shape index (κ2) is 6.55. The summed E-state index contributed by atoms with van der Waals surface area (Å²) in [6, 6.07) is 6.13. The van der Waals surface area contributed by atoms with Gasteiger partial charge in [-0.3, -0.25) is 4.90 Å². The summed E-state index contributed by atoms with van der Waals surface area (Å²) in [6.45, 7) is 6.14. The van der Waals surface area contributed by atoms with Crippen molar-refractivity contribution in [3.05, 3.63) is 28.2 Å². The van der Waals surface area contributed by atoms with E-state index < -0.39 is 0 Å². The third-order valence-corrected chi connectivity index (χ3v) is 3.73. The fourth-order valence-electron chi connectivity index (χ4n) is 2.39. The topological polar surface area (TPSA) is 38.5 Å². The van der Waals surface area contributed by atoms with E-state index in [2.05, 4.69) is 39.9 Å². The van der Waals surface area contributed by atoms with Crippen molar-refractivity contribution in [3.8, 4) is 0 Å². The average Bonchev–Trinajstić information content (AvgIpc) is 2.52. The molecule has 0 amide bonds. The van der Waals surface area contributed by atoms with Crippen molar-refractivity contribution in [3.63, 3.8) is 0 Å². The lowest BCUT2D eigenvalue weighted by Crippen LogP contribution is -2.31. The number of nitrogen functional groups attached to an aromatic ring is 1. The van der Waals surface area contributed by atoms with Crippen molar-refractivity contribution in [1.82, 2.24) is 4.90 Å². The van der Waals surface area contributed by atoms with E-state index in [1.165, 1.54) is 5.56 Å². The largest absolute Gasteiger partial charge is 0.399 e. The molecule has 1 fully saturated rings. The molecule has 1 aliphatic rings. The fourth-order valence-corrected chi connectivity index (χ4v) is 2.94. The van der Waals surface area contributed by atoms with E-state index in [0.29, 0.717) is 6.10 Å². The number of benzene rings is 1. The summed E-state index contributed by atoms with van der Waals surface area (Å²) >= 11 is 3.50. The first-order valence-corrected chi connectivity index (χ1v) is 7.35. The van der Waals surface area contributed by atoms with E-state index in [1.54, 1.807) is 0 Å². The number of nitrogens with two attached hydrogens (primary N) is 1. The normalized spacial score (nSPS) is 21.8. The van der Waals surface area contributed by atoms with Crippen LogP contribution in [0.5, 0.6) is 0 Å². The number of ether oxygens (including phenoxy) is 1. The molecular formula is C14H21BrN2O. The van der Waals surface area contributed by atoms with Crippen LogP contribution < -0.4 is 5.73 Å². The molecule has 3 nitrogen and oxygen atoms in total. The molecule has 2 rings (SSSR count). The molecule has 2 N–H and O–H groups in total. The van der Waals surface area contributed by atoms with Crippen LogP contribution >= 0.6 is 15.9 Å². The summed E-state index contributed by atoms with van der Waals surface area (Å²) in [4.78, 5) is 2.46. The van der Waals surface area contributed by atoms with Crippen molar-refractivity contribution >= 4 is 21.6 Å². The van der Waals surface area contributed by atoms with Crippen molar-refractivity contribution in [2.24, 2.45) is 0 Å². The Hall–Kier alpha value is -0.580. The van der Waals surface area contributed by atoms with Gasteiger partial charge in [0.25, 0.3) is 0 Å². The first-order valence-electron chi connectivity index (χ1n) is 6.56. The van der Waals surface area contributed by atoms with Crippen LogP contribution in [-0.2, 0) is 11.3 Å². The van der Waals surface area contributed by atoms with Crippen LogP contribution in [0.3, 0.4) is 0 Å². The van der Waals surface area contributed by atoms with Gasteiger partial charge in [-0.1, -0.05) is 22.9 Å². The zero-order chi connectivity index (χ0) is 13.0. The Labute approximate surface area is 117 Å². The van der Waals surface area contributed by atoms with Gasteiger partial charge in [0.2, 0.25) is 0 Å². The maximum atomic E-state index is 5.88. The lowest BCUT2D eigenvalue weighted by molar-refractivity contribution is 0.0510. The van der Waals surface area contributed by atoms with Gasteiger partial charge in [0, 0.05) is 36.4 Å². The van der Waals surface area contributed by atoms with Gasteiger partial charge in [0.15, 0.2) is 0 Å². The monoisotopic (exact) mass is 312 g/mol. The Morgan fingerprint density at radius 3 is 3.00 bits per heavy atom. The zero-order valence-electron chi connectivity index (χ0n) is 10.9. The van der Waals surface area contributed by atoms with Crippen LogP contribution in [0, 0.1) is 0 Å². The molecule has 100 valence electrons. The molecule has 0 aliphatic carbocycles. The summed E-state index contributed by atoms with van der Waals surface area (Å²) in [5.74, 6) is 0. The molecule has 1 aromatic carbocycles. The number of rotatable bonds is 3. The first-order chi connectivity index (χ1) is 8.67. The predicted octanol–water partition coefficient (Wildman–Crippen LogP) is 3.03. The molecule has 1 aliphatic heterocycles. The van der Waals surface area contributed by atoms with Gasteiger partial charge in [-0.05, 0) is 36.6 Å². The predicted molar refractivity (Wildman–Crippen MR) is 78.5 cm³/mol. The van der Waals surface area contributed by atoms with Crippen LogP contribution in [0.1, 0.15) is 25.3 Å². The SMILES string of the molecule is CCC1CN(Cc2cc(N)cc(Br)c2)CCCO1. The van der Waals surface area contributed by atoms with Gasteiger partial charge in [-0.25, -0.2) is 0 Å². The molecular weight excluding hydrogens is 292 g/mol. The van der Waals surface area contributed by atoms with Crippen LogP contribution in [0.2, 0.25) is 0 Å². The van der Waals surface area contributed by atoms with Crippen LogP contribution in [0.4, 0.5) is 5.69 Å². The summed E-state index contributed by atoms with van der Waals surface area (Å²) < 4.78 is 6.84. The molecule has 1 aromatic rings. The van der Waals surface area contributed by atoms with E-state index in [4.69, 9.17) is 10.5 Å². The number of halogens is 1. The Kier molecular flexibility index (Phi) is 5.03. The van der Waals surface area contributed by atoms with Crippen LogP contribution in [-0.4, -0.2) is 30.7 Å². The maximum absolute atomic E-state index is 5.88. The minimum absolute atomic E-state index is 0.372. The average molecular weight is 313 g/mol. The highest BCUT2D eigenvalue weighted by molar-refractivity contribution is 9.10. The standard InChI is InChI=1S/C14H21BrN2O/c1-2-14-10-17(4-3-5-18-14)9-11-6-12(15)8-13(16)7-11/h6-8,14H,2-5,9-10,16H2,1H3. The van der Waals surface area contributed by atoms with Crippen molar-refractivity contribution < 1.29 is 4.74 Å². The number of hydrogen-bond donors (Lipinski definition) is 1. The van der Waals surface area contributed by atoms with Gasteiger partial charge in [0.1, 0.15) is 0 Å². The Morgan fingerprint density at radius 2 is 2.28 bits per heavy atom. The lowest BCUT2D eigenvalue weighted by atomic mass is 10.1. The first kappa shape index (κ1) is 13.8. The van der Waals surface area contributed by atoms with Gasteiger partial charge < -0.3 is 10.5 Å². The number of nitrogens with zero attached hydrogens (tertiary/aromatic N) is 1. The Balaban J connectivity index is 2.02. The minimum Gasteiger partial charge on any atom is -0.399 e. The number of anilines is 1. The molecule has 0 aromatic heterocycles. The van der Waals surface area contributed by atoms with Gasteiger partial charge >= 0.3 is 0 Å². The quantitative estimate of drug-likeness (QED) is 0.872. The van der Waals surface area contributed by atoms with Crippen LogP contribution in [0.25, 0.3) is 0 Å². The maximum Gasteiger partial charge on any atom is 0.0699 e. The highest BCUT2D eigenvalue weighted by Crippen LogP contribution is 2.19. The zero-order valence-corrected chi connectivity index (χ0v) is 12.4. The molecule has 4 heteroatoms. The summed E-state index contributed by atoms with van der Waals surface area (Å²) in [7, 11) is 0. The van der Waals surface area contributed by atoms with Gasteiger partial charge in [-0.2, -0.15) is 0 Å². The second-order valence-electron chi connectivity index (χ2n) is 4.88. The molecule has 0 radical (unpaired) electrons. The Bertz CT molecular complexity index is 377. The fraction of sp³-hybridized carbons (Fsp3) is 0.571. The van der Waals surface area contributed by atoms with Crippen molar-refractivity contribution in [1.29, 1.82) is 0 Å². The smallest absolute Gasteiger partial charge is 0.0699 e. The van der Waals surface area contributed by atoms with Crippen molar-refractivity contribution in [2.75, 3.05) is 25.4 Å². The molecule has 1 heterocycles. The highest BCUT2D eigenvalue weighted by atomic mass is 79.9. The van der Waals surface area contributed by atoms with E-state index >= 15 is 0 Å². The van der Waals surface area contributed by atoms with Gasteiger partial charge in [-0.15, -0.1) is 0 Å². The van der Waals surface area contributed by atoms with Crippen LogP contribution in [0.15, 0.2) is 22.7 Å². The minimum atomic E-state index is 0.372. The molecule has 0 saturated carbocycles. The van der Waals surface area contributed by atoms with Crippen molar-refractivity contribution in [2.45, 2.75) is 32.4 Å². The third kappa shape index (κ3) is 3.97. The highest BCUT2D eigenvalue weighted by Gasteiger charge is 2.17. The van der Waals surface area contributed by atoms with E-state index in [0.717, 1.165) is 49.2 Å². The summed E-state index contributed by atoms with van der Waals surface area (Å²) in [5.41, 5.74) is 7.96. The van der Waals surface area contributed by atoms with E-state index in [-0.39, 0.29) is 0 Å². The Morgan fingerprint density at radius 1 is 1.44 bits per heavy atom. The van der Waals surface area contributed by atoms with Gasteiger partial charge in [0.05, 0.1) is 6.10 Å². The molecule has 1 unspecified atom stereocenters. The molecule has 1 atom stereocenters. The van der Waals surface area contributed by atoms with E-state index in [9.17, 15) is 0 Å². The lowest BCUT2D eigenvalue weighted by Gasteiger charge is -2.23. The summed E-state index contributed by atoms with van der Waals surface area (Å²) in [5, 5.41) is 0. The number of hydrogen-bond acceptors (Lipinski definition) is 3. The third-order valence-electron chi connectivity index (χ3n) is 3.28.